The molecule has 0 radical (unpaired) electrons. The van der Waals surface area contributed by atoms with Crippen LogP contribution in [0.4, 0.5) is 0 Å². The molecule has 4 saturated carbocycles. The number of nitrogens with zero attached hydrogens (tertiary/aromatic N) is 1. The molecule has 2 N–H and O–H groups in total. The Morgan fingerprint density at radius 3 is 2.55 bits per heavy atom. The maximum Gasteiger partial charge on any atom is 0.331 e. The van der Waals surface area contributed by atoms with Gasteiger partial charge in [0, 0.05) is 38.4 Å². The standard InChI is InChI=1S/C32H45NO9/c1-18-28(41-19(2)34)25(38-4)14-27(40-18)42-21-5-10-30(17-33)23-6-9-29(3)22(20-13-26(35)39-16-20)8-12-32(29,37)24(23)7-11-31(30,36)15-21/h13,18,21-25,27-28,36-37H,5-12,14-16H2,1-4H3/t18-,21+,22-,23+,24-,25?,27+,28?,29-,30+,31+,32+/m1/s1. The SMILES string of the molecule is COC1C[C@H](O[C@H]2CC[C@]3(C#N)[C@H]4CC[C@]5(C)[C@@H](C6=CC(=O)OC6)CC[C@]5(O)[C@@H]4CC[C@]3(O)C2)O[C@H](C)C1OC(C)=O. The van der Waals surface area contributed by atoms with Gasteiger partial charge in [-0.2, -0.15) is 5.26 Å². The fourth-order valence-corrected chi connectivity index (χ4v) is 10.3. The second kappa shape index (κ2) is 10.6. The van der Waals surface area contributed by atoms with Crippen molar-refractivity contribution in [2.75, 3.05) is 13.7 Å². The summed E-state index contributed by atoms with van der Waals surface area (Å²) in [5.74, 6) is -0.844. The minimum atomic E-state index is -1.23. The van der Waals surface area contributed by atoms with Crippen molar-refractivity contribution in [3.05, 3.63) is 11.6 Å². The van der Waals surface area contributed by atoms with E-state index in [1.807, 2.05) is 6.92 Å². The summed E-state index contributed by atoms with van der Waals surface area (Å²) < 4.78 is 28.7. The van der Waals surface area contributed by atoms with Crippen molar-refractivity contribution in [1.29, 1.82) is 5.26 Å². The molecule has 0 spiro atoms. The normalized spacial score (nSPS) is 50.0. The van der Waals surface area contributed by atoms with E-state index in [4.69, 9.17) is 23.7 Å². The van der Waals surface area contributed by atoms with Gasteiger partial charge in [0.05, 0.1) is 34.9 Å². The third-order valence-corrected chi connectivity index (χ3v) is 12.3. The van der Waals surface area contributed by atoms with Crippen molar-refractivity contribution in [3.8, 4) is 6.07 Å². The van der Waals surface area contributed by atoms with E-state index in [-0.39, 0.29) is 35.9 Å². The first-order chi connectivity index (χ1) is 19.9. The van der Waals surface area contributed by atoms with Crippen molar-refractivity contribution >= 4 is 11.9 Å². The Bertz CT molecular complexity index is 1180. The average molecular weight is 588 g/mol. The Hall–Kier alpha value is -2.03. The zero-order chi connectivity index (χ0) is 30.1. The number of nitriles is 1. The molecule has 0 aromatic rings. The van der Waals surface area contributed by atoms with Gasteiger partial charge in [0.2, 0.25) is 0 Å². The van der Waals surface area contributed by atoms with Crippen LogP contribution in [0.2, 0.25) is 0 Å². The first kappa shape index (κ1) is 30.0. The largest absolute Gasteiger partial charge is 0.458 e. The molecule has 6 rings (SSSR count). The van der Waals surface area contributed by atoms with Crippen molar-refractivity contribution in [2.45, 2.75) is 127 Å². The van der Waals surface area contributed by atoms with Crippen LogP contribution in [0.15, 0.2) is 11.6 Å². The average Bonchev–Trinajstić information content (AvgIpc) is 3.48. The van der Waals surface area contributed by atoms with E-state index in [0.717, 1.165) is 24.8 Å². The topological polar surface area (TPSA) is 145 Å². The van der Waals surface area contributed by atoms with Crippen LogP contribution < -0.4 is 0 Å². The summed E-state index contributed by atoms with van der Waals surface area (Å²) in [6, 6.07) is 2.62. The Morgan fingerprint density at radius 2 is 1.88 bits per heavy atom. The van der Waals surface area contributed by atoms with Crippen LogP contribution in [0.1, 0.15) is 85.0 Å². The Balaban J connectivity index is 1.18. The van der Waals surface area contributed by atoms with E-state index < -0.39 is 46.5 Å². The number of hydrogen-bond donors (Lipinski definition) is 2. The van der Waals surface area contributed by atoms with Crippen molar-refractivity contribution in [2.24, 2.45) is 28.6 Å². The highest BCUT2D eigenvalue weighted by atomic mass is 16.7. The van der Waals surface area contributed by atoms with E-state index in [1.54, 1.807) is 13.2 Å². The Kier molecular flexibility index (Phi) is 7.54. The van der Waals surface area contributed by atoms with E-state index in [9.17, 15) is 25.1 Å². The molecular weight excluding hydrogens is 542 g/mol. The number of methoxy groups -OCH3 is 1. The predicted octanol–water partition coefficient (Wildman–Crippen LogP) is 3.33. The number of carbonyl (C=O) groups excluding carboxylic acids is 2. The molecule has 42 heavy (non-hydrogen) atoms. The first-order valence-electron chi connectivity index (χ1n) is 15.6. The molecule has 2 aliphatic heterocycles. The minimum absolute atomic E-state index is 0.0761. The first-order valence-corrected chi connectivity index (χ1v) is 15.6. The zero-order valence-corrected chi connectivity index (χ0v) is 25.2. The molecule has 2 unspecified atom stereocenters. The smallest absolute Gasteiger partial charge is 0.331 e. The van der Waals surface area contributed by atoms with Gasteiger partial charge < -0.3 is 33.9 Å². The fraction of sp³-hybridized carbons (Fsp3) is 0.844. The third-order valence-electron chi connectivity index (χ3n) is 12.3. The van der Waals surface area contributed by atoms with Crippen LogP contribution in [0.5, 0.6) is 0 Å². The number of fused-ring (bicyclic) bond motifs is 5. The predicted molar refractivity (Wildman–Crippen MR) is 147 cm³/mol. The summed E-state index contributed by atoms with van der Waals surface area (Å²) in [4.78, 5) is 23.4. The molecule has 232 valence electrons. The summed E-state index contributed by atoms with van der Waals surface area (Å²) in [5.41, 5.74) is -2.59. The Morgan fingerprint density at radius 1 is 1.12 bits per heavy atom. The highest BCUT2D eigenvalue weighted by molar-refractivity contribution is 5.85. The van der Waals surface area contributed by atoms with Gasteiger partial charge in [-0.25, -0.2) is 4.79 Å². The monoisotopic (exact) mass is 587 g/mol. The van der Waals surface area contributed by atoms with E-state index in [1.165, 1.54) is 6.92 Å². The fourth-order valence-electron chi connectivity index (χ4n) is 10.3. The number of ether oxygens (including phenoxy) is 5. The third kappa shape index (κ3) is 4.37. The van der Waals surface area contributed by atoms with Crippen molar-refractivity contribution in [3.63, 3.8) is 0 Å². The van der Waals surface area contributed by atoms with E-state index >= 15 is 0 Å². The molecule has 4 aliphatic carbocycles. The van der Waals surface area contributed by atoms with Gasteiger partial charge in [0.25, 0.3) is 0 Å². The summed E-state index contributed by atoms with van der Waals surface area (Å²) in [6.07, 6.45) is 5.16. The van der Waals surface area contributed by atoms with Gasteiger partial charge in [0.15, 0.2) is 12.4 Å². The number of hydrogen-bond acceptors (Lipinski definition) is 10. The summed E-state index contributed by atoms with van der Waals surface area (Å²) in [5, 5.41) is 35.4. The van der Waals surface area contributed by atoms with E-state index in [0.29, 0.717) is 51.6 Å². The maximum absolute atomic E-state index is 12.4. The van der Waals surface area contributed by atoms with Crippen LogP contribution in [0.25, 0.3) is 0 Å². The van der Waals surface area contributed by atoms with Crippen LogP contribution in [-0.2, 0) is 33.3 Å². The summed E-state index contributed by atoms with van der Waals surface area (Å²) in [7, 11) is 1.58. The number of rotatable bonds is 5. The van der Waals surface area contributed by atoms with Crippen LogP contribution in [-0.4, -0.2) is 77.8 Å². The lowest BCUT2D eigenvalue weighted by molar-refractivity contribution is -0.288. The molecule has 0 aromatic carbocycles. The highest BCUT2D eigenvalue weighted by Crippen LogP contribution is 2.70. The molecule has 0 aromatic heterocycles. The number of carbonyl (C=O) groups is 2. The molecule has 5 fully saturated rings. The van der Waals surface area contributed by atoms with Gasteiger partial charge in [0.1, 0.15) is 12.7 Å². The molecule has 2 heterocycles. The van der Waals surface area contributed by atoms with Crippen LogP contribution in [0.3, 0.4) is 0 Å². The quantitative estimate of drug-likeness (QED) is 0.363. The highest BCUT2D eigenvalue weighted by Gasteiger charge is 2.72. The Labute approximate surface area is 247 Å². The van der Waals surface area contributed by atoms with Crippen molar-refractivity contribution < 1.29 is 43.5 Å². The van der Waals surface area contributed by atoms with Gasteiger partial charge >= 0.3 is 11.9 Å². The lowest BCUT2D eigenvalue weighted by Gasteiger charge is -2.64. The van der Waals surface area contributed by atoms with Gasteiger partial charge in [-0.15, -0.1) is 0 Å². The van der Waals surface area contributed by atoms with E-state index in [2.05, 4.69) is 13.0 Å². The minimum Gasteiger partial charge on any atom is -0.458 e. The molecule has 1 saturated heterocycles. The van der Waals surface area contributed by atoms with Gasteiger partial charge in [-0.3, -0.25) is 4.79 Å². The second-order valence-corrected chi connectivity index (χ2v) is 14.0. The lowest BCUT2D eigenvalue weighted by Crippen LogP contribution is -2.68. The number of esters is 2. The van der Waals surface area contributed by atoms with Crippen LogP contribution in [0, 0.1) is 39.9 Å². The molecule has 6 aliphatic rings. The molecular formula is C32H45NO9. The molecule has 10 nitrogen and oxygen atoms in total. The maximum atomic E-state index is 12.4. The number of cyclic esters (lactones) is 1. The molecule has 0 bridgehead atoms. The molecule has 12 atom stereocenters. The summed E-state index contributed by atoms with van der Waals surface area (Å²) in [6.45, 7) is 5.64. The molecule has 0 amide bonds. The van der Waals surface area contributed by atoms with Gasteiger partial charge in [-0.1, -0.05) is 6.92 Å². The van der Waals surface area contributed by atoms with Crippen molar-refractivity contribution in [1.82, 2.24) is 0 Å². The second-order valence-electron chi connectivity index (χ2n) is 14.0. The van der Waals surface area contributed by atoms with Crippen LogP contribution >= 0.6 is 0 Å². The zero-order valence-electron chi connectivity index (χ0n) is 25.2. The van der Waals surface area contributed by atoms with Gasteiger partial charge in [-0.05, 0) is 81.6 Å². The lowest BCUT2D eigenvalue weighted by atomic mass is 9.41. The summed E-state index contributed by atoms with van der Waals surface area (Å²) >= 11 is 0. The number of aliphatic hydroxyl groups is 2. The molecule has 10 heteroatoms.